The van der Waals surface area contributed by atoms with E-state index in [4.69, 9.17) is 10.8 Å². The average molecular weight is 264 g/mol. The van der Waals surface area contributed by atoms with Crippen molar-refractivity contribution in [2.45, 2.75) is 33.2 Å². The molecule has 0 spiro atoms. The van der Waals surface area contributed by atoms with Crippen molar-refractivity contribution in [2.75, 3.05) is 13.2 Å². The van der Waals surface area contributed by atoms with Crippen LogP contribution in [0.15, 0.2) is 24.3 Å². The van der Waals surface area contributed by atoms with Crippen LogP contribution < -0.4 is 11.1 Å². The van der Waals surface area contributed by atoms with Crippen LogP contribution >= 0.6 is 0 Å². The van der Waals surface area contributed by atoms with Crippen LogP contribution in [-0.4, -0.2) is 24.2 Å². The predicted molar refractivity (Wildman–Crippen MR) is 76.5 cm³/mol. The highest BCUT2D eigenvalue weighted by Gasteiger charge is 2.18. The maximum Gasteiger partial charge on any atom is 0.224 e. The molecular weight excluding hydrogens is 240 g/mol. The monoisotopic (exact) mass is 264 g/mol. The second-order valence-electron chi connectivity index (χ2n) is 5.56. The van der Waals surface area contributed by atoms with Crippen molar-refractivity contribution in [2.24, 2.45) is 11.1 Å². The summed E-state index contributed by atoms with van der Waals surface area (Å²) in [6, 6.07) is 7.71. The molecule has 0 aliphatic heterocycles. The van der Waals surface area contributed by atoms with E-state index in [-0.39, 0.29) is 17.9 Å². The van der Waals surface area contributed by atoms with E-state index in [1.54, 1.807) is 0 Å². The Kier molecular flexibility index (Phi) is 5.99. The fourth-order valence-corrected chi connectivity index (χ4v) is 1.89. The summed E-state index contributed by atoms with van der Waals surface area (Å²) < 4.78 is 0. The van der Waals surface area contributed by atoms with E-state index in [0.717, 1.165) is 11.1 Å². The van der Waals surface area contributed by atoms with Crippen LogP contribution in [0.25, 0.3) is 0 Å². The number of aliphatic hydroxyl groups excluding tert-OH is 1. The number of rotatable bonds is 7. The van der Waals surface area contributed by atoms with Gasteiger partial charge in [-0.3, -0.25) is 4.79 Å². The minimum Gasteiger partial charge on any atom is -0.396 e. The standard InChI is InChI=1S/C15H24N2O2/c1-15(2,7-8-18)11-17-14(19)9-12-5-3-4-6-13(12)10-16/h3-6,18H,7-11,16H2,1-2H3,(H,17,19). The summed E-state index contributed by atoms with van der Waals surface area (Å²) in [6.07, 6.45) is 1.02. The molecule has 4 N–H and O–H groups in total. The number of nitrogens with one attached hydrogen (secondary N) is 1. The number of benzene rings is 1. The summed E-state index contributed by atoms with van der Waals surface area (Å²) in [5.41, 5.74) is 7.55. The van der Waals surface area contributed by atoms with E-state index in [1.165, 1.54) is 0 Å². The zero-order valence-electron chi connectivity index (χ0n) is 11.8. The molecule has 1 amide bonds. The van der Waals surface area contributed by atoms with Crippen LogP contribution in [0.2, 0.25) is 0 Å². The molecule has 1 aromatic carbocycles. The number of hydrogen-bond acceptors (Lipinski definition) is 3. The molecule has 0 saturated heterocycles. The molecule has 1 aromatic rings. The van der Waals surface area contributed by atoms with Crippen LogP contribution in [0.1, 0.15) is 31.4 Å². The van der Waals surface area contributed by atoms with Crippen LogP contribution in [0.4, 0.5) is 0 Å². The Bertz CT molecular complexity index is 416. The number of carbonyl (C=O) groups is 1. The van der Waals surface area contributed by atoms with Gasteiger partial charge in [-0.05, 0) is 23.0 Å². The molecule has 19 heavy (non-hydrogen) atoms. The Morgan fingerprint density at radius 1 is 1.32 bits per heavy atom. The number of nitrogens with two attached hydrogens (primary N) is 1. The SMILES string of the molecule is CC(C)(CCO)CNC(=O)Cc1ccccc1CN. The van der Waals surface area contributed by atoms with Gasteiger partial charge in [-0.2, -0.15) is 0 Å². The molecule has 0 saturated carbocycles. The summed E-state index contributed by atoms with van der Waals surface area (Å²) in [7, 11) is 0. The van der Waals surface area contributed by atoms with Gasteiger partial charge in [0, 0.05) is 19.7 Å². The number of amides is 1. The molecule has 0 aliphatic rings. The fraction of sp³-hybridized carbons (Fsp3) is 0.533. The van der Waals surface area contributed by atoms with Gasteiger partial charge < -0.3 is 16.2 Å². The third-order valence-electron chi connectivity index (χ3n) is 3.24. The maximum atomic E-state index is 11.9. The van der Waals surface area contributed by atoms with Gasteiger partial charge in [0.25, 0.3) is 0 Å². The maximum absolute atomic E-state index is 11.9. The first-order valence-corrected chi connectivity index (χ1v) is 6.63. The van der Waals surface area contributed by atoms with Gasteiger partial charge in [0.05, 0.1) is 6.42 Å². The van der Waals surface area contributed by atoms with Gasteiger partial charge in [-0.1, -0.05) is 38.1 Å². The Morgan fingerprint density at radius 3 is 2.53 bits per heavy atom. The summed E-state index contributed by atoms with van der Waals surface area (Å²) in [5, 5.41) is 11.9. The van der Waals surface area contributed by atoms with Gasteiger partial charge in [0.15, 0.2) is 0 Å². The van der Waals surface area contributed by atoms with Crippen molar-refractivity contribution in [3.8, 4) is 0 Å². The van der Waals surface area contributed by atoms with Gasteiger partial charge in [-0.25, -0.2) is 0 Å². The quantitative estimate of drug-likeness (QED) is 0.693. The van der Waals surface area contributed by atoms with Crippen LogP contribution in [0.3, 0.4) is 0 Å². The highest BCUT2D eigenvalue weighted by Crippen LogP contribution is 2.18. The van der Waals surface area contributed by atoms with Gasteiger partial charge in [0.1, 0.15) is 0 Å². The molecule has 0 aliphatic carbocycles. The molecule has 0 radical (unpaired) electrons. The summed E-state index contributed by atoms with van der Waals surface area (Å²) >= 11 is 0. The van der Waals surface area contributed by atoms with E-state index in [1.807, 2.05) is 38.1 Å². The first kappa shape index (κ1) is 15.7. The first-order chi connectivity index (χ1) is 8.98. The lowest BCUT2D eigenvalue weighted by molar-refractivity contribution is -0.120. The molecule has 106 valence electrons. The molecule has 0 bridgehead atoms. The zero-order chi connectivity index (χ0) is 14.3. The number of aliphatic hydroxyl groups is 1. The minimum atomic E-state index is -0.0855. The van der Waals surface area contributed by atoms with Crippen molar-refractivity contribution >= 4 is 5.91 Å². The highest BCUT2D eigenvalue weighted by molar-refractivity contribution is 5.78. The fourth-order valence-electron chi connectivity index (χ4n) is 1.89. The van der Waals surface area contributed by atoms with Crippen LogP contribution in [0, 0.1) is 5.41 Å². The molecule has 0 unspecified atom stereocenters. The van der Waals surface area contributed by atoms with Crippen molar-refractivity contribution in [3.63, 3.8) is 0 Å². The van der Waals surface area contributed by atoms with E-state index >= 15 is 0 Å². The topological polar surface area (TPSA) is 75.3 Å². The normalized spacial score (nSPS) is 11.4. The third-order valence-corrected chi connectivity index (χ3v) is 3.24. The van der Waals surface area contributed by atoms with Crippen molar-refractivity contribution in [1.82, 2.24) is 5.32 Å². The first-order valence-electron chi connectivity index (χ1n) is 6.63. The molecule has 0 fully saturated rings. The number of carbonyl (C=O) groups excluding carboxylic acids is 1. The van der Waals surface area contributed by atoms with Crippen LogP contribution in [-0.2, 0) is 17.8 Å². The van der Waals surface area contributed by atoms with Crippen molar-refractivity contribution < 1.29 is 9.90 Å². The molecular formula is C15H24N2O2. The van der Waals surface area contributed by atoms with E-state index in [0.29, 0.717) is 25.9 Å². The predicted octanol–water partition coefficient (Wildman–Crippen LogP) is 1.21. The Balaban J connectivity index is 2.52. The summed E-state index contributed by atoms with van der Waals surface area (Å²) in [4.78, 5) is 11.9. The van der Waals surface area contributed by atoms with Gasteiger partial charge >= 0.3 is 0 Å². The van der Waals surface area contributed by atoms with E-state index in [2.05, 4.69) is 5.32 Å². The van der Waals surface area contributed by atoms with Gasteiger partial charge in [0.2, 0.25) is 5.91 Å². The second kappa shape index (κ2) is 7.26. The van der Waals surface area contributed by atoms with E-state index in [9.17, 15) is 4.79 Å². The highest BCUT2D eigenvalue weighted by atomic mass is 16.3. The Hall–Kier alpha value is -1.39. The average Bonchev–Trinajstić information content (AvgIpc) is 2.37. The minimum absolute atomic E-state index is 0.00749. The third kappa shape index (κ3) is 5.41. The lowest BCUT2D eigenvalue weighted by Crippen LogP contribution is -2.35. The zero-order valence-corrected chi connectivity index (χ0v) is 11.8. The lowest BCUT2D eigenvalue weighted by atomic mass is 9.89. The molecule has 1 rings (SSSR count). The second-order valence-corrected chi connectivity index (χ2v) is 5.56. The Labute approximate surface area is 115 Å². The molecule has 0 heterocycles. The lowest BCUT2D eigenvalue weighted by Gasteiger charge is -2.23. The summed E-state index contributed by atoms with van der Waals surface area (Å²) in [5.74, 6) is -0.00749. The Morgan fingerprint density at radius 2 is 1.95 bits per heavy atom. The molecule has 0 atom stereocenters. The van der Waals surface area contributed by atoms with E-state index < -0.39 is 0 Å². The van der Waals surface area contributed by atoms with Crippen molar-refractivity contribution in [3.05, 3.63) is 35.4 Å². The van der Waals surface area contributed by atoms with Gasteiger partial charge in [-0.15, -0.1) is 0 Å². The van der Waals surface area contributed by atoms with Crippen molar-refractivity contribution in [1.29, 1.82) is 0 Å². The molecule has 4 nitrogen and oxygen atoms in total. The molecule has 0 aromatic heterocycles. The molecule has 4 heteroatoms. The number of hydrogen-bond donors (Lipinski definition) is 3. The largest absolute Gasteiger partial charge is 0.396 e. The summed E-state index contributed by atoms with van der Waals surface area (Å²) in [6.45, 7) is 5.20. The van der Waals surface area contributed by atoms with Crippen LogP contribution in [0.5, 0.6) is 0 Å². The smallest absolute Gasteiger partial charge is 0.224 e.